The van der Waals surface area contributed by atoms with Gasteiger partial charge >= 0.3 is 5.97 Å². The second-order valence-corrected chi connectivity index (χ2v) is 9.78. The van der Waals surface area contributed by atoms with E-state index < -0.39 is 12.1 Å². The van der Waals surface area contributed by atoms with Crippen LogP contribution in [0.2, 0.25) is 0 Å². The molecular weight excluding hydrogens is 382 g/mol. The van der Waals surface area contributed by atoms with Crippen LogP contribution in [-0.4, -0.2) is 29.7 Å². The number of benzene rings is 1. The Morgan fingerprint density at radius 1 is 1.00 bits per heavy atom. The van der Waals surface area contributed by atoms with E-state index in [2.05, 4.69) is 0 Å². The van der Waals surface area contributed by atoms with Crippen molar-refractivity contribution in [3.05, 3.63) is 29.8 Å². The molecule has 5 aliphatic rings. The fourth-order valence-corrected chi connectivity index (χ4v) is 6.76. The quantitative estimate of drug-likeness (QED) is 0.548. The Kier molecular flexibility index (Phi) is 4.56. The zero-order chi connectivity index (χ0) is 21.0. The highest BCUT2D eigenvalue weighted by Gasteiger charge is 2.55. The van der Waals surface area contributed by atoms with Crippen molar-refractivity contribution < 1.29 is 23.9 Å². The molecule has 2 amide bonds. The molecule has 30 heavy (non-hydrogen) atoms. The van der Waals surface area contributed by atoms with Gasteiger partial charge in [-0.05, 0) is 81.4 Å². The van der Waals surface area contributed by atoms with Gasteiger partial charge in [0.1, 0.15) is 0 Å². The first-order valence-corrected chi connectivity index (χ1v) is 11.1. The Morgan fingerprint density at radius 2 is 1.57 bits per heavy atom. The van der Waals surface area contributed by atoms with Crippen molar-refractivity contribution in [3.63, 3.8) is 0 Å². The van der Waals surface area contributed by atoms with Crippen LogP contribution in [0.1, 0.15) is 68.6 Å². The molecule has 6 heteroatoms. The molecular formula is C24H27NO5. The monoisotopic (exact) mass is 409 g/mol. The summed E-state index contributed by atoms with van der Waals surface area (Å²) in [7, 11) is 0. The second kappa shape index (κ2) is 7.03. The topological polar surface area (TPSA) is 80.8 Å². The molecule has 158 valence electrons. The molecule has 4 bridgehead atoms. The van der Waals surface area contributed by atoms with Crippen LogP contribution in [0, 0.1) is 23.2 Å². The summed E-state index contributed by atoms with van der Waals surface area (Å²) >= 11 is 0. The highest BCUT2D eigenvalue weighted by molar-refractivity contribution is 6.20. The molecule has 1 aliphatic heterocycles. The first-order chi connectivity index (χ1) is 14.3. The number of ether oxygens (including phenoxy) is 1. The van der Waals surface area contributed by atoms with Gasteiger partial charge in [0.2, 0.25) is 11.8 Å². The average Bonchev–Trinajstić information content (AvgIpc) is 3.04. The molecule has 1 unspecified atom stereocenters. The van der Waals surface area contributed by atoms with Crippen LogP contribution in [0.5, 0.6) is 0 Å². The minimum absolute atomic E-state index is 0.0657. The van der Waals surface area contributed by atoms with Gasteiger partial charge in [-0.3, -0.25) is 19.3 Å². The number of hydrogen-bond acceptors (Lipinski definition) is 5. The molecule has 4 saturated carbocycles. The van der Waals surface area contributed by atoms with E-state index in [1.807, 2.05) is 0 Å². The van der Waals surface area contributed by atoms with Gasteiger partial charge in [0.15, 0.2) is 11.9 Å². The molecule has 0 radical (unpaired) electrons. The first kappa shape index (κ1) is 19.5. The number of imide groups is 1. The number of amides is 2. The average molecular weight is 409 g/mol. The number of esters is 1. The standard InChI is InChI=1S/C24H27NO5/c1-14(22(28)24-11-15-7-16(12-24)9-17(8-15)13-24)30-23(29)18-3-2-4-19(10-18)25-20(26)5-6-21(25)27/h2-4,10,14-17H,5-9,11-13H2,1H3. The van der Waals surface area contributed by atoms with Gasteiger partial charge in [-0.25, -0.2) is 4.79 Å². The normalized spacial score (nSPS) is 33.1. The molecule has 6 nitrogen and oxygen atoms in total. The van der Waals surface area contributed by atoms with Crippen LogP contribution in [-0.2, 0) is 19.1 Å². The van der Waals surface area contributed by atoms with Crippen molar-refractivity contribution in [2.24, 2.45) is 23.2 Å². The molecule has 0 aromatic heterocycles. The van der Waals surface area contributed by atoms with E-state index in [9.17, 15) is 19.2 Å². The molecule has 0 N–H and O–H groups in total. The third kappa shape index (κ3) is 3.17. The number of anilines is 1. The molecule has 1 atom stereocenters. The lowest BCUT2D eigenvalue weighted by molar-refractivity contribution is -0.152. The highest BCUT2D eigenvalue weighted by atomic mass is 16.5. The summed E-state index contributed by atoms with van der Waals surface area (Å²) in [6.45, 7) is 1.68. The van der Waals surface area contributed by atoms with E-state index in [0.717, 1.165) is 24.2 Å². The van der Waals surface area contributed by atoms with Gasteiger partial charge in [0.25, 0.3) is 0 Å². The fourth-order valence-electron chi connectivity index (χ4n) is 6.76. The maximum atomic E-state index is 13.4. The van der Waals surface area contributed by atoms with Gasteiger partial charge in [-0.2, -0.15) is 0 Å². The Bertz CT molecular complexity index is 884. The van der Waals surface area contributed by atoms with Crippen LogP contribution in [0.4, 0.5) is 5.69 Å². The van der Waals surface area contributed by atoms with Crippen molar-refractivity contribution in [2.45, 2.75) is 64.4 Å². The van der Waals surface area contributed by atoms with E-state index >= 15 is 0 Å². The van der Waals surface area contributed by atoms with Crippen molar-refractivity contribution in [3.8, 4) is 0 Å². The largest absolute Gasteiger partial charge is 0.451 e. The predicted molar refractivity (Wildman–Crippen MR) is 109 cm³/mol. The van der Waals surface area contributed by atoms with Gasteiger partial charge < -0.3 is 4.74 Å². The SMILES string of the molecule is CC(OC(=O)c1cccc(N2C(=O)CCC2=O)c1)C(=O)C12CC3CC(CC(C3)C1)C2. The third-order valence-corrected chi connectivity index (χ3v) is 7.61. The number of ketones is 1. The van der Waals surface area contributed by atoms with Crippen LogP contribution in [0.15, 0.2) is 24.3 Å². The Morgan fingerprint density at radius 3 is 2.13 bits per heavy atom. The Hall–Kier alpha value is -2.50. The van der Waals surface area contributed by atoms with E-state index in [-0.39, 0.29) is 41.4 Å². The minimum atomic E-state index is -0.799. The summed E-state index contributed by atoms with van der Waals surface area (Å²) in [6, 6.07) is 6.32. The van der Waals surface area contributed by atoms with E-state index in [1.165, 1.54) is 25.3 Å². The van der Waals surface area contributed by atoms with Crippen molar-refractivity contribution in [1.29, 1.82) is 0 Å². The smallest absolute Gasteiger partial charge is 0.338 e. The van der Waals surface area contributed by atoms with Crippen molar-refractivity contribution >= 4 is 29.3 Å². The van der Waals surface area contributed by atoms with Gasteiger partial charge in [-0.1, -0.05) is 6.07 Å². The molecule has 1 saturated heterocycles. The number of hydrogen-bond donors (Lipinski definition) is 0. The van der Waals surface area contributed by atoms with Crippen molar-refractivity contribution in [2.75, 3.05) is 4.90 Å². The minimum Gasteiger partial charge on any atom is -0.451 e. The Balaban J connectivity index is 1.30. The molecule has 1 aromatic carbocycles. The number of Topliss-reactive ketones (excluding diaryl/α,β-unsaturated/α-hetero) is 1. The molecule has 6 rings (SSSR count). The summed E-state index contributed by atoms with van der Waals surface area (Å²) in [5, 5.41) is 0. The zero-order valence-electron chi connectivity index (χ0n) is 17.3. The summed E-state index contributed by atoms with van der Waals surface area (Å²) in [6.07, 6.45) is 6.14. The lowest BCUT2D eigenvalue weighted by Crippen LogP contribution is -2.52. The van der Waals surface area contributed by atoms with Gasteiger partial charge in [-0.15, -0.1) is 0 Å². The van der Waals surface area contributed by atoms with E-state index in [1.54, 1.807) is 25.1 Å². The maximum Gasteiger partial charge on any atom is 0.338 e. The van der Waals surface area contributed by atoms with Crippen LogP contribution >= 0.6 is 0 Å². The number of carbonyl (C=O) groups is 4. The summed E-state index contributed by atoms with van der Waals surface area (Å²) < 4.78 is 5.58. The van der Waals surface area contributed by atoms with Crippen molar-refractivity contribution in [1.82, 2.24) is 0 Å². The third-order valence-electron chi connectivity index (χ3n) is 7.61. The molecule has 0 spiro atoms. The molecule has 1 heterocycles. The summed E-state index contributed by atoms with van der Waals surface area (Å²) in [5.74, 6) is 0.880. The lowest BCUT2D eigenvalue weighted by Gasteiger charge is -2.56. The maximum absolute atomic E-state index is 13.4. The number of carbonyl (C=O) groups excluding carboxylic acids is 4. The number of nitrogens with zero attached hydrogens (tertiary/aromatic N) is 1. The van der Waals surface area contributed by atoms with E-state index in [4.69, 9.17) is 4.74 Å². The first-order valence-electron chi connectivity index (χ1n) is 11.1. The zero-order valence-corrected chi connectivity index (χ0v) is 17.3. The van der Waals surface area contributed by atoms with Crippen LogP contribution < -0.4 is 4.90 Å². The molecule has 5 fully saturated rings. The van der Waals surface area contributed by atoms with Crippen LogP contribution in [0.25, 0.3) is 0 Å². The molecule has 1 aromatic rings. The lowest BCUT2D eigenvalue weighted by atomic mass is 9.48. The van der Waals surface area contributed by atoms with E-state index in [0.29, 0.717) is 23.4 Å². The highest BCUT2D eigenvalue weighted by Crippen LogP contribution is 2.60. The fraction of sp³-hybridized carbons (Fsp3) is 0.583. The van der Waals surface area contributed by atoms with Crippen LogP contribution in [0.3, 0.4) is 0 Å². The molecule has 4 aliphatic carbocycles. The predicted octanol–water partition coefficient (Wildman–Crippen LogP) is 3.67. The number of rotatable bonds is 5. The van der Waals surface area contributed by atoms with Gasteiger partial charge in [0, 0.05) is 18.3 Å². The second-order valence-electron chi connectivity index (χ2n) is 9.78. The van der Waals surface area contributed by atoms with Gasteiger partial charge in [0.05, 0.1) is 11.3 Å². The summed E-state index contributed by atoms with van der Waals surface area (Å²) in [5.41, 5.74) is 0.298. The Labute approximate surface area is 175 Å². The summed E-state index contributed by atoms with van der Waals surface area (Å²) in [4.78, 5) is 51.2.